The maximum absolute atomic E-state index is 15.8. The summed E-state index contributed by atoms with van der Waals surface area (Å²) in [6.45, 7) is 10.5. The Labute approximate surface area is 449 Å². The second-order valence-electron chi connectivity index (χ2n) is 23.0. The molecule has 0 bridgehead atoms. The number of benzene rings is 2. The predicted octanol–water partition coefficient (Wildman–Crippen LogP) is 18.7. The number of rotatable bonds is 38. The first-order valence-corrected chi connectivity index (χ1v) is 30.8. The number of pyridine rings is 4. The van der Waals surface area contributed by atoms with Crippen molar-refractivity contribution < 1.29 is 0 Å². The van der Waals surface area contributed by atoms with Crippen LogP contribution in [-0.4, -0.2) is 19.1 Å². The fraction of sp³-hybridized carbons (Fsp3) is 0.588. The molecule has 6 nitrogen and oxygen atoms in total. The lowest BCUT2D eigenvalue weighted by Crippen LogP contribution is -2.28. The van der Waals surface area contributed by atoms with Crippen molar-refractivity contribution in [3.8, 4) is 0 Å². The summed E-state index contributed by atoms with van der Waals surface area (Å²) in [7, 11) is 0. The minimum atomic E-state index is 0.0151. The van der Waals surface area contributed by atoms with E-state index in [0.29, 0.717) is 35.7 Å². The molecular weight excluding hydrogens is 905 g/mol. The highest BCUT2D eigenvalue weighted by atomic mass is 16.1. The molecule has 6 heteroatoms. The van der Waals surface area contributed by atoms with E-state index in [1.807, 2.05) is 0 Å². The molecule has 398 valence electrons. The van der Waals surface area contributed by atoms with Crippen LogP contribution in [0.25, 0.3) is 54.4 Å². The Morgan fingerprint density at radius 1 is 0.365 bits per heavy atom. The maximum Gasteiger partial charge on any atom is 0.260 e. The van der Waals surface area contributed by atoms with Crippen molar-refractivity contribution in [1.82, 2.24) is 19.1 Å². The zero-order valence-corrected chi connectivity index (χ0v) is 46.7. The fourth-order valence-electron chi connectivity index (χ4n) is 12.8. The molecular formula is C68H94N4O2. The van der Waals surface area contributed by atoms with Gasteiger partial charge in [-0.1, -0.05) is 207 Å². The molecule has 4 heterocycles. The molecule has 2 aliphatic carbocycles. The first kappa shape index (κ1) is 56.7. The first-order chi connectivity index (χ1) is 36.4. The van der Waals surface area contributed by atoms with Gasteiger partial charge in [0.25, 0.3) is 11.1 Å². The van der Waals surface area contributed by atoms with E-state index >= 15 is 9.59 Å². The van der Waals surface area contributed by atoms with Crippen molar-refractivity contribution in [1.29, 1.82) is 0 Å². The molecule has 0 N–H and O–H groups in total. The molecule has 10 radical (unpaired) electrons. The summed E-state index contributed by atoms with van der Waals surface area (Å²) in [4.78, 5) is 42.5. The summed E-state index contributed by atoms with van der Waals surface area (Å²) < 4.78 is 4.15. The van der Waals surface area contributed by atoms with Crippen molar-refractivity contribution in [3.05, 3.63) is 120 Å². The molecule has 2 fully saturated rings. The van der Waals surface area contributed by atoms with Crippen molar-refractivity contribution in [2.24, 2.45) is 11.8 Å². The average Bonchev–Trinajstić information content (AvgIpc) is 4.17. The fourth-order valence-corrected chi connectivity index (χ4v) is 12.8. The van der Waals surface area contributed by atoms with Crippen LogP contribution in [0.2, 0.25) is 0 Å². The number of aromatic nitrogens is 4. The molecule has 2 aliphatic rings. The summed E-state index contributed by atoms with van der Waals surface area (Å²) in [6, 6.07) is 8.72. The highest BCUT2D eigenvalue weighted by molar-refractivity contribution is 6.34. The van der Waals surface area contributed by atoms with Crippen LogP contribution in [-0.2, 0) is 13.1 Å². The van der Waals surface area contributed by atoms with Gasteiger partial charge in [0.05, 0.1) is 11.4 Å². The minimum absolute atomic E-state index is 0.0151. The predicted molar refractivity (Wildman–Crippen MR) is 317 cm³/mol. The first-order valence-electron chi connectivity index (χ1n) is 30.8. The van der Waals surface area contributed by atoms with Gasteiger partial charge in [0.2, 0.25) is 0 Å². The van der Waals surface area contributed by atoms with Gasteiger partial charge in [-0.05, 0) is 124 Å². The van der Waals surface area contributed by atoms with Crippen LogP contribution in [0.15, 0.2) is 33.9 Å². The lowest BCUT2D eigenvalue weighted by molar-refractivity contribution is 0.357. The quantitative estimate of drug-likeness (QED) is 0.0220. The van der Waals surface area contributed by atoms with Crippen molar-refractivity contribution >= 4 is 54.4 Å². The molecule has 6 aromatic rings. The number of hydrogen-bond donors (Lipinski definition) is 0. The Hall–Kier alpha value is -3.54. The highest BCUT2D eigenvalue weighted by Crippen LogP contribution is 2.44. The molecule has 2 aromatic carbocycles. The third-order valence-electron chi connectivity index (χ3n) is 17.1. The van der Waals surface area contributed by atoms with Gasteiger partial charge in [-0.2, -0.15) is 0 Å². The zero-order chi connectivity index (χ0) is 51.5. The number of hydrogen-bond acceptors (Lipinski definition) is 4. The van der Waals surface area contributed by atoms with Gasteiger partial charge in [0, 0.05) is 57.2 Å². The third kappa shape index (κ3) is 14.5. The Bertz CT molecular complexity index is 2500. The topological polar surface area (TPSA) is 69.8 Å². The second-order valence-corrected chi connectivity index (χ2v) is 23.0. The summed E-state index contributed by atoms with van der Waals surface area (Å²) in [6.07, 6.45) is 57.2. The van der Waals surface area contributed by atoms with E-state index in [4.69, 9.17) is 9.97 Å². The molecule has 0 aliphatic heterocycles. The molecule has 0 saturated heterocycles. The molecule has 8 rings (SSSR count). The van der Waals surface area contributed by atoms with Crippen LogP contribution in [0.1, 0.15) is 245 Å². The van der Waals surface area contributed by atoms with Crippen molar-refractivity contribution in [2.75, 3.05) is 0 Å². The van der Waals surface area contributed by atoms with Crippen molar-refractivity contribution in [2.45, 2.75) is 246 Å². The smallest absolute Gasteiger partial charge is 0.260 e. The molecule has 2 saturated carbocycles. The molecule has 0 spiro atoms. The van der Waals surface area contributed by atoms with E-state index in [1.165, 1.54) is 180 Å². The normalized spacial score (nSPS) is 15.8. The van der Waals surface area contributed by atoms with Crippen molar-refractivity contribution in [3.63, 3.8) is 0 Å². The lowest BCUT2D eigenvalue weighted by Gasteiger charge is -2.25. The standard InChI is InChI=1S/C68H94N4O2/c1-5-9-13-17-21-23-27-31-39-51(37-29-25-19-15-11-7-3)49-71-65-61-55(47-59(69-65)53-41-33-34-42-53)46-58-64-62-56(45-57(63(61)64)67(71)73)48-60(54-43-35-36-44-54)70-66(62)72(68(58)74)50-52(38-30-26-20-16-12-8-4)40-32-28-24-22-18-14-10-6-2/h33-36,41-48,51-52H,5-32,37-40,49-50H2,1-4H3. The van der Waals surface area contributed by atoms with Gasteiger partial charge in [0.15, 0.2) is 0 Å². The summed E-state index contributed by atoms with van der Waals surface area (Å²) in [5.41, 5.74) is 3.25. The Kier molecular flexibility index (Phi) is 22.8. The van der Waals surface area contributed by atoms with Gasteiger partial charge in [-0.25, -0.2) is 9.97 Å². The van der Waals surface area contributed by atoms with Gasteiger partial charge >= 0.3 is 0 Å². The average molecular weight is 1000 g/mol. The van der Waals surface area contributed by atoms with Crippen LogP contribution < -0.4 is 11.1 Å². The summed E-state index contributed by atoms with van der Waals surface area (Å²) in [5, 5.41) is 7.15. The van der Waals surface area contributed by atoms with E-state index in [2.05, 4.69) is 112 Å². The Balaban J connectivity index is 1.22. The Morgan fingerprint density at radius 3 is 0.946 bits per heavy atom. The van der Waals surface area contributed by atoms with Gasteiger partial charge in [-0.15, -0.1) is 0 Å². The molecule has 4 aromatic heterocycles. The van der Waals surface area contributed by atoms with Crippen LogP contribution >= 0.6 is 0 Å². The van der Waals surface area contributed by atoms with Crippen LogP contribution in [0.4, 0.5) is 0 Å². The molecule has 0 amide bonds. The van der Waals surface area contributed by atoms with E-state index in [-0.39, 0.29) is 11.1 Å². The highest BCUT2D eigenvalue weighted by Gasteiger charge is 2.30. The summed E-state index contributed by atoms with van der Waals surface area (Å²) >= 11 is 0. The summed E-state index contributed by atoms with van der Waals surface area (Å²) in [5.74, 6) is 2.83. The van der Waals surface area contributed by atoms with E-state index in [9.17, 15) is 0 Å². The monoisotopic (exact) mass is 999 g/mol. The molecule has 2 atom stereocenters. The molecule has 74 heavy (non-hydrogen) atoms. The maximum atomic E-state index is 15.8. The Morgan fingerprint density at radius 2 is 0.649 bits per heavy atom. The second kappa shape index (κ2) is 29.8. The molecule has 2 unspecified atom stereocenters. The van der Waals surface area contributed by atoms with E-state index in [0.717, 1.165) is 92.5 Å². The van der Waals surface area contributed by atoms with Crippen LogP contribution in [0.3, 0.4) is 0 Å². The van der Waals surface area contributed by atoms with Crippen LogP contribution in [0, 0.1) is 75.0 Å². The number of nitrogens with zero attached hydrogens (tertiary/aromatic N) is 4. The van der Waals surface area contributed by atoms with Crippen LogP contribution in [0.5, 0.6) is 0 Å². The third-order valence-corrected chi connectivity index (χ3v) is 17.1. The van der Waals surface area contributed by atoms with E-state index < -0.39 is 0 Å². The SMILES string of the molecule is CCCCCCCCCCC(CCCCCCCC)Cn1c(=O)c2cc3cc([C]4[CH][CH][CH][CH]4)nc4c3c3c(cc5cc([C]6[CH][CH][CH][CH]6)nc1c5c23)c(=O)n4CC(CCCCCCCC)CCCCCCCCCC. The van der Waals surface area contributed by atoms with Gasteiger partial charge < -0.3 is 0 Å². The lowest BCUT2D eigenvalue weighted by atomic mass is 9.88. The largest absolute Gasteiger partial charge is 0.292 e. The minimum Gasteiger partial charge on any atom is -0.292 e. The van der Waals surface area contributed by atoms with Gasteiger partial charge in [-0.3, -0.25) is 18.7 Å². The van der Waals surface area contributed by atoms with E-state index in [1.54, 1.807) is 0 Å². The zero-order valence-electron chi connectivity index (χ0n) is 46.7. The van der Waals surface area contributed by atoms with Gasteiger partial charge in [0.1, 0.15) is 11.3 Å². The number of unbranched alkanes of at least 4 members (excludes halogenated alkanes) is 24.